The van der Waals surface area contributed by atoms with E-state index in [1.807, 2.05) is 6.07 Å². The molecule has 8 heteroatoms. The minimum Gasteiger partial charge on any atom is -0.368 e. The zero-order valence-electron chi connectivity index (χ0n) is 7.62. The first-order valence-electron chi connectivity index (χ1n) is 4.15. The van der Waals surface area contributed by atoms with Crippen LogP contribution in [0.4, 0.5) is 5.95 Å². The van der Waals surface area contributed by atoms with E-state index in [0.717, 1.165) is 0 Å². The third-order valence-electron chi connectivity index (χ3n) is 1.80. The first kappa shape index (κ1) is 9.67. The lowest BCUT2D eigenvalue weighted by atomic mass is 10.4. The predicted molar refractivity (Wildman–Crippen MR) is 55.0 cm³/mol. The maximum Gasteiger partial charge on any atom is 0.223 e. The Bertz CT molecular complexity index is 540. The van der Waals surface area contributed by atoms with E-state index in [-0.39, 0.29) is 5.95 Å². The highest BCUT2D eigenvalue weighted by atomic mass is 32.1. The molecule has 7 nitrogen and oxygen atoms in total. The van der Waals surface area contributed by atoms with Gasteiger partial charge >= 0.3 is 0 Å². The summed E-state index contributed by atoms with van der Waals surface area (Å²) in [6.45, 7) is 0.427. The van der Waals surface area contributed by atoms with Crippen LogP contribution in [0.3, 0.4) is 0 Å². The largest absolute Gasteiger partial charge is 0.368 e. The summed E-state index contributed by atoms with van der Waals surface area (Å²) in [6.07, 6.45) is 0.338. The van der Waals surface area contributed by atoms with Crippen LogP contribution < -0.4 is 5.73 Å². The molecule has 0 aliphatic carbocycles. The summed E-state index contributed by atoms with van der Waals surface area (Å²) in [6, 6.07) is 2.02. The van der Waals surface area contributed by atoms with Crippen molar-refractivity contribution in [1.82, 2.24) is 25.0 Å². The minimum absolute atomic E-state index is 0.119. The number of aromatic nitrogens is 5. The standard InChI is InChI=1S/C7H7N7S/c8-2-1-3-14-5-4(12-13-14)6(15)11-7(9)10-5/h1,3H2,(H3,9,10,11,15). The second-order valence-electron chi connectivity index (χ2n) is 2.80. The van der Waals surface area contributed by atoms with E-state index in [1.54, 1.807) is 0 Å². The minimum atomic E-state index is 0.119. The van der Waals surface area contributed by atoms with Crippen molar-refractivity contribution < 1.29 is 0 Å². The van der Waals surface area contributed by atoms with Crippen LogP contribution in [0, 0.1) is 11.3 Å². The molecule has 2 rings (SSSR count). The molecule has 0 bridgehead atoms. The van der Waals surface area contributed by atoms with Crippen LogP contribution in [0.15, 0.2) is 5.03 Å². The van der Waals surface area contributed by atoms with Gasteiger partial charge in [0.15, 0.2) is 11.2 Å². The maximum absolute atomic E-state index is 8.46. The molecule has 2 aromatic rings. The highest BCUT2D eigenvalue weighted by molar-refractivity contribution is 7.80. The first-order valence-corrected chi connectivity index (χ1v) is 4.59. The van der Waals surface area contributed by atoms with Crippen molar-refractivity contribution in [2.24, 2.45) is 0 Å². The summed E-state index contributed by atoms with van der Waals surface area (Å²) < 4.78 is 1.51. The number of nitriles is 1. The van der Waals surface area contributed by atoms with Crippen molar-refractivity contribution in [3.05, 3.63) is 0 Å². The van der Waals surface area contributed by atoms with Gasteiger partial charge in [0.25, 0.3) is 0 Å². The van der Waals surface area contributed by atoms with E-state index >= 15 is 0 Å². The van der Waals surface area contributed by atoms with Gasteiger partial charge in [-0.15, -0.1) is 17.7 Å². The lowest BCUT2D eigenvalue weighted by molar-refractivity contribution is 0.613. The van der Waals surface area contributed by atoms with Crippen molar-refractivity contribution in [1.29, 1.82) is 5.26 Å². The van der Waals surface area contributed by atoms with Crippen LogP contribution in [0.5, 0.6) is 0 Å². The molecule has 0 fully saturated rings. The number of aryl methyl sites for hydroxylation is 1. The van der Waals surface area contributed by atoms with Crippen LogP contribution in [0.1, 0.15) is 6.42 Å². The molecular weight excluding hydrogens is 214 g/mol. The van der Waals surface area contributed by atoms with Gasteiger partial charge in [-0.25, -0.2) is 9.67 Å². The number of anilines is 1. The van der Waals surface area contributed by atoms with Gasteiger partial charge in [0.05, 0.1) is 19.0 Å². The van der Waals surface area contributed by atoms with Gasteiger partial charge in [0.1, 0.15) is 5.03 Å². The van der Waals surface area contributed by atoms with Gasteiger partial charge < -0.3 is 5.73 Å². The zero-order chi connectivity index (χ0) is 10.8. The van der Waals surface area contributed by atoms with Crippen molar-refractivity contribution in [2.45, 2.75) is 18.0 Å². The van der Waals surface area contributed by atoms with Crippen LogP contribution in [0.25, 0.3) is 11.2 Å². The Morgan fingerprint density at radius 3 is 3.00 bits per heavy atom. The molecule has 76 valence electrons. The van der Waals surface area contributed by atoms with Crippen LogP contribution >= 0.6 is 12.6 Å². The molecule has 0 aliphatic heterocycles. The molecule has 0 saturated heterocycles. The Morgan fingerprint density at radius 2 is 2.27 bits per heavy atom. The van der Waals surface area contributed by atoms with Crippen molar-refractivity contribution in [2.75, 3.05) is 5.73 Å². The van der Waals surface area contributed by atoms with Crippen LogP contribution in [0.2, 0.25) is 0 Å². The van der Waals surface area contributed by atoms with Gasteiger partial charge in [0, 0.05) is 0 Å². The second kappa shape index (κ2) is 3.70. The van der Waals surface area contributed by atoms with Crippen molar-refractivity contribution in [3.8, 4) is 6.07 Å². The quantitative estimate of drug-likeness (QED) is 0.546. The summed E-state index contributed by atoms with van der Waals surface area (Å²) in [7, 11) is 0. The third-order valence-corrected chi connectivity index (χ3v) is 2.11. The monoisotopic (exact) mass is 221 g/mol. The maximum atomic E-state index is 8.46. The summed E-state index contributed by atoms with van der Waals surface area (Å²) in [5, 5.41) is 16.6. The average Bonchev–Trinajstić information content (AvgIpc) is 2.58. The number of hydrogen-bond donors (Lipinski definition) is 2. The van der Waals surface area contributed by atoms with Gasteiger partial charge in [-0.3, -0.25) is 0 Å². The number of rotatable bonds is 2. The molecule has 0 aliphatic rings. The number of hydrogen-bond acceptors (Lipinski definition) is 7. The summed E-state index contributed by atoms with van der Waals surface area (Å²) in [5.41, 5.74) is 6.47. The lowest BCUT2D eigenvalue weighted by Gasteiger charge is -1.98. The fraction of sp³-hybridized carbons (Fsp3) is 0.286. The highest BCUT2D eigenvalue weighted by Crippen LogP contribution is 2.16. The molecule has 0 atom stereocenters. The molecule has 0 aromatic carbocycles. The zero-order valence-corrected chi connectivity index (χ0v) is 8.52. The number of nitrogens with zero attached hydrogens (tertiary/aromatic N) is 6. The number of thiol groups is 1. The number of nitrogens with two attached hydrogens (primary N) is 1. The Hall–Kier alpha value is -1.88. The van der Waals surface area contributed by atoms with Crippen molar-refractivity contribution >= 4 is 29.7 Å². The normalized spacial score (nSPS) is 10.4. The summed E-state index contributed by atoms with van der Waals surface area (Å²) in [4.78, 5) is 7.84. The fourth-order valence-corrected chi connectivity index (χ4v) is 1.41. The molecular formula is C7H7N7S. The molecule has 0 saturated carbocycles. The first-order chi connectivity index (χ1) is 7.22. The molecule has 0 spiro atoms. The topological polar surface area (TPSA) is 106 Å². The van der Waals surface area contributed by atoms with E-state index in [0.29, 0.717) is 29.2 Å². The highest BCUT2D eigenvalue weighted by Gasteiger charge is 2.10. The van der Waals surface area contributed by atoms with Gasteiger partial charge in [-0.1, -0.05) is 5.21 Å². The lowest BCUT2D eigenvalue weighted by Crippen LogP contribution is -2.03. The van der Waals surface area contributed by atoms with Crippen LogP contribution in [-0.4, -0.2) is 25.0 Å². The molecule has 0 unspecified atom stereocenters. The van der Waals surface area contributed by atoms with Crippen LogP contribution in [-0.2, 0) is 6.54 Å². The van der Waals surface area contributed by atoms with E-state index in [2.05, 4.69) is 32.9 Å². The SMILES string of the molecule is N#CCCn1nnc2c(S)nc(N)nc21. The molecule has 2 N–H and O–H groups in total. The van der Waals surface area contributed by atoms with E-state index in [9.17, 15) is 0 Å². The Kier molecular flexibility index (Phi) is 2.39. The fourth-order valence-electron chi connectivity index (χ4n) is 1.16. The molecule has 15 heavy (non-hydrogen) atoms. The number of nitrogen functional groups attached to an aromatic ring is 1. The Morgan fingerprint density at radius 1 is 1.47 bits per heavy atom. The molecule has 2 aromatic heterocycles. The summed E-state index contributed by atoms with van der Waals surface area (Å²) in [5.74, 6) is 0.119. The van der Waals surface area contributed by atoms with Gasteiger partial charge in [-0.2, -0.15) is 10.2 Å². The van der Waals surface area contributed by atoms with Gasteiger partial charge in [0.2, 0.25) is 5.95 Å². The van der Waals surface area contributed by atoms with E-state index in [1.165, 1.54) is 4.68 Å². The Labute approximate surface area is 90.3 Å². The second-order valence-corrected chi connectivity index (χ2v) is 3.22. The predicted octanol–water partition coefficient (Wildman–Crippen LogP) is 0.00588. The molecule has 0 radical (unpaired) electrons. The van der Waals surface area contributed by atoms with E-state index in [4.69, 9.17) is 11.0 Å². The third kappa shape index (κ3) is 1.69. The number of fused-ring (bicyclic) bond motifs is 1. The van der Waals surface area contributed by atoms with Gasteiger partial charge in [-0.05, 0) is 0 Å². The smallest absolute Gasteiger partial charge is 0.223 e. The van der Waals surface area contributed by atoms with Crippen molar-refractivity contribution in [3.63, 3.8) is 0 Å². The molecule has 2 heterocycles. The summed E-state index contributed by atoms with van der Waals surface area (Å²) >= 11 is 4.11. The van der Waals surface area contributed by atoms with E-state index < -0.39 is 0 Å². The Balaban J connectivity index is 2.54. The average molecular weight is 221 g/mol. The molecule has 0 amide bonds.